The summed E-state index contributed by atoms with van der Waals surface area (Å²) in [5.74, 6) is -0.526. The maximum Gasteiger partial charge on any atom is 0.374 e. The molecule has 8 heteroatoms. The summed E-state index contributed by atoms with van der Waals surface area (Å²) in [7, 11) is -1.97. The first kappa shape index (κ1) is 38.9. The van der Waals surface area contributed by atoms with E-state index in [4.69, 9.17) is 26.8 Å². The monoisotopic (exact) mass is 594 g/mol. The predicted octanol–water partition coefficient (Wildman–Crippen LogP) is 9.43. The van der Waals surface area contributed by atoms with Crippen molar-refractivity contribution in [2.45, 2.75) is 186 Å². The van der Waals surface area contributed by atoms with Crippen molar-refractivity contribution in [2.75, 3.05) is 0 Å². The Morgan fingerprint density at radius 3 is 1.62 bits per heavy atom. The normalized spacial score (nSPS) is 16.0. The first-order chi connectivity index (χ1) is 18.7. The number of rotatable bonds is 28. The van der Waals surface area contributed by atoms with Gasteiger partial charge in [-0.25, -0.2) is 4.79 Å². The Balaban J connectivity index is 4.72. The van der Waals surface area contributed by atoms with Gasteiger partial charge in [-0.1, -0.05) is 136 Å². The third-order valence-corrected chi connectivity index (χ3v) is 8.24. The molecule has 0 heterocycles. The third kappa shape index (κ3) is 21.3. The largest absolute Gasteiger partial charge is 0.459 e. The van der Waals surface area contributed by atoms with Crippen molar-refractivity contribution in [3.05, 3.63) is 0 Å². The maximum atomic E-state index is 12.3. The van der Waals surface area contributed by atoms with Crippen LogP contribution in [0.4, 0.5) is 0 Å². The van der Waals surface area contributed by atoms with Crippen molar-refractivity contribution in [2.24, 2.45) is 5.92 Å². The van der Waals surface area contributed by atoms with Crippen LogP contribution in [0.1, 0.15) is 163 Å². The second-order valence-corrected chi connectivity index (χ2v) is 13.0. The van der Waals surface area contributed by atoms with E-state index in [1.165, 1.54) is 109 Å². The van der Waals surface area contributed by atoms with Crippen molar-refractivity contribution in [3.8, 4) is 0 Å². The van der Waals surface area contributed by atoms with Crippen LogP contribution in [0.15, 0.2) is 0 Å². The Morgan fingerprint density at radius 1 is 0.795 bits per heavy atom. The number of thiol groups is 1. The number of aliphatic hydroxyl groups is 1. The zero-order chi connectivity index (χ0) is 29.4. The summed E-state index contributed by atoms with van der Waals surface area (Å²) in [6, 6.07) is 0. The Bertz CT molecular complexity index is 593. The number of ether oxygens (including phenoxy) is 3. The molecule has 39 heavy (non-hydrogen) atoms. The van der Waals surface area contributed by atoms with Gasteiger partial charge in [0.15, 0.2) is 6.29 Å². The minimum absolute atomic E-state index is 0.383. The van der Waals surface area contributed by atoms with Crippen LogP contribution in [-0.4, -0.2) is 34.4 Å². The highest BCUT2D eigenvalue weighted by atomic mass is 32.1. The van der Waals surface area contributed by atoms with Gasteiger partial charge in [-0.3, -0.25) is 0 Å². The van der Waals surface area contributed by atoms with E-state index in [0.29, 0.717) is 12.3 Å². The number of hydrogen-bond acceptors (Lipinski definition) is 7. The second kappa shape index (κ2) is 25.6. The fraction of sp³-hybridized carbons (Fsp3) is 0.968. The van der Waals surface area contributed by atoms with Gasteiger partial charge in [0.05, 0.1) is 6.10 Å². The van der Waals surface area contributed by atoms with Crippen LogP contribution in [0.2, 0.25) is 0 Å². The van der Waals surface area contributed by atoms with Crippen LogP contribution in [0.3, 0.4) is 0 Å². The quantitative estimate of drug-likeness (QED) is 0.0309. The molecule has 234 valence electrons. The molecule has 0 aliphatic heterocycles. The van der Waals surface area contributed by atoms with E-state index in [1.54, 1.807) is 13.8 Å². The summed E-state index contributed by atoms with van der Waals surface area (Å²) in [5.41, 5.74) is -2.87. The van der Waals surface area contributed by atoms with Gasteiger partial charge in [0.2, 0.25) is 0 Å². The molecule has 6 nitrogen and oxygen atoms in total. The van der Waals surface area contributed by atoms with E-state index in [2.05, 4.69) is 13.8 Å². The number of carbonyl (C=O) groups excluding carboxylic acids is 1. The lowest BCUT2D eigenvalue weighted by Gasteiger charge is -2.29. The highest BCUT2D eigenvalue weighted by Gasteiger charge is 2.41. The molecule has 0 rings (SSSR count). The van der Waals surface area contributed by atoms with Crippen LogP contribution in [0.5, 0.6) is 0 Å². The molecule has 0 spiro atoms. The Labute approximate surface area is 247 Å². The van der Waals surface area contributed by atoms with Gasteiger partial charge in [-0.15, -0.1) is 12.6 Å². The van der Waals surface area contributed by atoms with Gasteiger partial charge < -0.3 is 23.9 Å². The van der Waals surface area contributed by atoms with Crippen molar-refractivity contribution in [1.82, 2.24) is 0 Å². The average molecular weight is 595 g/mol. The molecule has 5 unspecified atom stereocenters. The van der Waals surface area contributed by atoms with Gasteiger partial charge >= 0.3 is 11.5 Å². The highest BCUT2D eigenvalue weighted by Crippen LogP contribution is 2.30. The topological polar surface area (TPSA) is 82.1 Å². The predicted molar refractivity (Wildman–Crippen MR) is 168 cm³/mol. The number of esters is 1. The van der Waals surface area contributed by atoms with Crippen molar-refractivity contribution >= 4 is 27.1 Å². The molecule has 0 aromatic rings. The second-order valence-electron chi connectivity index (χ2n) is 11.4. The van der Waals surface area contributed by atoms with E-state index in [0.717, 1.165) is 12.8 Å². The van der Waals surface area contributed by atoms with E-state index in [9.17, 15) is 14.5 Å². The Kier molecular flexibility index (Phi) is 25.6. The molecule has 0 saturated heterocycles. The highest BCUT2D eigenvalue weighted by molar-refractivity contribution is 7.80. The van der Waals surface area contributed by atoms with Gasteiger partial charge in [0.1, 0.15) is 13.9 Å². The third-order valence-electron chi connectivity index (χ3n) is 7.22. The van der Waals surface area contributed by atoms with E-state index < -0.39 is 37.8 Å². The minimum atomic E-state index is -2.48. The van der Waals surface area contributed by atoms with Gasteiger partial charge in [0.25, 0.3) is 0 Å². The number of hydrogen-bond donors (Lipinski definition) is 2. The van der Waals surface area contributed by atoms with Crippen LogP contribution in [0.25, 0.3) is 0 Å². The fourth-order valence-corrected chi connectivity index (χ4v) is 5.67. The first-order valence-corrected chi connectivity index (χ1v) is 17.7. The van der Waals surface area contributed by atoms with Crippen molar-refractivity contribution in [3.63, 3.8) is 0 Å². The first-order valence-electron chi connectivity index (χ1n) is 16.1. The summed E-state index contributed by atoms with van der Waals surface area (Å²) in [6.45, 7) is 9.66. The van der Waals surface area contributed by atoms with Gasteiger partial charge in [-0.05, 0) is 32.6 Å². The molecule has 0 fully saturated rings. The van der Waals surface area contributed by atoms with E-state index >= 15 is 0 Å². The molecule has 0 saturated carbocycles. The van der Waals surface area contributed by atoms with Crippen LogP contribution in [-0.2, 0) is 23.6 Å². The molecule has 0 bridgehead atoms. The fourth-order valence-electron chi connectivity index (χ4n) is 4.86. The summed E-state index contributed by atoms with van der Waals surface area (Å²) in [5, 5.41) is 10.5. The standard InChI is InChI=1S/C31H63O6PS/c1-6-9-11-13-15-16-17-18-20-22-24-27(23-21-19-14-12-10-7-2)25-29(39)36-28(8-3)37-31(33,38-34)30(32)35-26(4)5/h26-29,33,39H,6-25,38H2,1-5H3. The minimum Gasteiger partial charge on any atom is -0.459 e. The smallest absolute Gasteiger partial charge is 0.374 e. The SMILES string of the molecule is CCCCCCCCCCCCC(CCCCCCCC)CC(S)OC(CC)OC(O)([PH2]=O)C(=O)OC(C)C. The molecule has 0 aromatic heterocycles. The Morgan fingerprint density at radius 2 is 1.23 bits per heavy atom. The van der Waals surface area contributed by atoms with E-state index in [1.807, 2.05) is 6.92 Å². The summed E-state index contributed by atoms with van der Waals surface area (Å²) >= 11 is 4.69. The summed E-state index contributed by atoms with van der Waals surface area (Å²) in [6.07, 6.45) is 23.2. The van der Waals surface area contributed by atoms with Crippen LogP contribution < -0.4 is 0 Å². The molecule has 0 amide bonds. The zero-order valence-electron chi connectivity index (χ0n) is 26.0. The van der Waals surface area contributed by atoms with Crippen LogP contribution in [0, 0.1) is 5.92 Å². The molecular weight excluding hydrogens is 531 g/mol. The maximum absolute atomic E-state index is 12.3. The molecule has 0 aliphatic carbocycles. The average Bonchev–Trinajstić information content (AvgIpc) is 2.90. The van der Waals surface area contributed by atoms with Crippen LogP contribution >= 0.6 is 21.1 Å². The molecule has 0 aliphatic rings. The lowest BCUT2D eigenvalue weighted by Crippen LogP contribution is -2.42. The lowest BCUT2D eigenvalue weighted by atomic mass is 9.91. The molecule has 1 N–H and O–H groups in total. The Hall–Kier alpha value is -0.0700. The van der Waals surface area contributed by atoms with Gasteiger partial charge in [0, 0.05) is 0 Å². The number of unbranched alkanes of at least 4 members (excludes halogenated alkanes) is 14. The summed E-state index contributed by atoms with van der Waals surface area (Å²) < 4.78 is 28.2. The summed E-state index contributed by atoms with van der Waals surface area (Å²) in [4.78, 5) is 12.3. The molecule has 0 radical (unpaired) electrons. The number of carbonyl (C=O) groups is 1. The molecular formula is C31H63O6PS. The van der Waals surface area contributed by atoms with Gasteiger partial charge in [-0.2, -0.15) is 0 Å². The zero-order valence-corrected chi connectivity index (χ0v) is 28.0. The molecule has 5 atom stereocenters. The lowest BCUT2D eigenvalue weighted by molar-refractivity contribution is -0.260. The molecule has 0 aromatic carbocycles. The van der Waals surface area contributed by atoms with Crippen molar-refractivity contribution < 1.29 is 28.7 Å². The van der Waals surface area contributed by atoms with E-state index in [-0.39, 0.29) is 0 Å². The van der Waals surface area contributed by atoms with Crippen molar-refractivity contribution in [1.29, 1.82) is 0 Å².